The average molecular weight is 233 g/mol. The highest BCUT2D eigenvalue weighted by Crippen LogP contribution is 2.20. The van der Waals surface area contributed by atoms with Crippen LogP contribution in [0.3, 0.4) is 0 Å². The van der Waals surface area contributed by atoms with Crippen LogP contribution < -0.4 is 11.5 Å². The van der Waals surface area contributed by atoms with Gasteiger partial charge in [0, 0.05) is 0 Å². The normalized spacial score (nSPS) is 11.5. The quantitative estimate of drug-likeness (QED) is 0.444. The van der Waals surface area contributed by atoms with Gasteiger partial charge in [0.15, 0.2) is 0 Å². The highest BCUT2D eigenvalue weighted by atomic mass is 35.5. The van der Waals surface area contributed by atoms with E-state index in [0.717, 1.165) is 0 Å². The lowest BCUT2D eigenvalue weighted by molar-refractivity contribution is -0.138. The smallest absolute Gasteiger partial charge is 0.320 e. The number of hydrogen-bond acceptors (Lipinski definition) is 4. The predicted octanol–water partition coefficient (Wildman–Crippen LogP) is 0.351. The molecule has 0 saturated carbocycles. The van der Waals surface area contributed by atoms with Gasteiger partial charge in [-0.05, 0) is 24.1 Å². The lowest BCUT2D eigenvalue weighted by Gasteiger charge is -2.07. The summed E-state index contributed by atoms with van der Waals surface area (Å²) in [5, 5.41) is 17.7. The number of benzene rings is 1. The summed E-state index contributed by atoms with van der Waals surface area (Å²) < 4.78 is 0. The standard InChI is InChI=1S/C9H12N2O3.ClH/c10-6-3-5(1-2-8(6)12)4-7(11)9(13)14;/h1-3,7,12H,4,10-11H2,(H,13,14);1H/t7-;/m0./s1. The Balaban J connectivity index is 0.00000196. The van der Waals surface area contributed by atoms with Crippen LogP contribution in [0.4, 0.5) is 5.69 Å². The van der Waals surface area contributed by atoms with Crippen LogP contribution in [0.25, 0.3) is 0 Å². The van der Waals surface area contributed by atoms with Crippen molar-refractivity contribution < 1.29 is 15.0 Å². The number of carbonyl (C=O) groups is 1. The Morgan fingerprint density at radius 1 is 1.47 bits per heavy atom. The molecule has 0 aliphatic rings. The monoisotopic (exact) mass is 232 g/mol. The Labute approximate surface area is 93.1 Å². The topological polar surface area (TPSA) is 110 Å². The number of rotatable bonds is 3. The number of carboxylic acids is 1. The van der Waals surface area contributed by atoms with Crippen LogP contribution in [0.2, 0.25) is 0 Å². The molecule has 0 aromatic heterocycles. The number of nitrogens with two attached hydrogens (primary N) is 2. The van der Waals surface area contributed by atoms with Crippen molar-refractivity contribution in [2.75, 3.05) is 5.73 Å². The van der Waals surface area contributed by atoms with E-state index in [1.54, 1.807) is 6.07 Å². The predicted molar refractivity (Wildman–Crippen MR) is 59.1 cm³/mol. The summed E-state index contributed by atoms with van der Waals surface area (Å²) in [5.74, 6) is -1.07. The highest BCUT2D eigenvalue weighted by molar-refractivity contribution is 5.85. The summed E-state index contributed by atoms with van der Waals surface area (Å²) in [6.07, 6.45) is 0.194. The minimum Gasteiger partial charge on any atom is -0.506 e. The Morgan fingerprint density at radius 3 is 2.53 bits per heavy atom. The molecule has 0 bridgehead atoms. The van der Waals surface area contributed by atoms with E-state index in [1.807, 2.05) is 0 Å². The van der Waals surface area contributed by atoms with Crippen LogP contribution in [-0.4, -0.2) is 22.2 Å². The summed E-state index contributed by atoms with van der Waals surface area (Å²) in [6, 6.07) is 3.57. The van der Waals surface area contributed by atoms with E-state index in [9.17, 15) is 4.79 Å². The minimum atomic E-state index is -1.06. The van der Waals surface area contributed by atoms with Gasteiger partial charge in [0.1, 0.15) is 11.8 Å². The van der Waals surface area contributed by atoms with Gasteiger partial charge < -0.3 is 21.7 Å². The van der Waals surface area contributed by atoms with Crippen molar-refractivity contribution in [3.63, 3.8) is 0 Å². The number of anilines is 1. The number of aliphatic carboxylic acids is 1. The van der Waals surface area contributed by atoms with Crippen LogP contribution >= 0.6 is 12.4 Å². The number of nitrogen functional groups attached to an aromatic ring is 1. The maximum Gasteiger partial charge on any atom is 0.320 e. The van der Waals surface area contributed by atoms with E-state index in [2.05, 4.69) is 0 Å². The van der Waals surface area contributed by atoms with Gasteiger partial charge in [-0.1, -0.05) is 6.07 Å². The summed E-state index contributed by atoms with van der Waals surface area (Å²) in [7, 11) is 0. The average Bonchev–Trinajstić information content (AvgIpc) is 2.11. The second-order valence-corrected chi connectivity index (χ2v) is 3.04. The highest BCUT2D eigenvalue weighted by Gasteiger charge is 2.12. The summed E-state index contributed by atoms with van der Waals surface area (Å²) in [6.45, 7) is 0. The van der Waals surface area contributed by atoms with Gasteiger partial charge in [0.25, 0.3) is 0 Å². The molecule has 84 valence electrons. The molecule has 0 saturated heterocycles. The zero-order chi connectivity index (χ0) is 10.7. The van der Waals surface area contributed by atoms with E-state index < -0.39 is 12.0 Å². The fourth-order valence-corrected chi connectivity index (χ4v) is 1.07. The summed E-state index contributed by atoms with van der Waals surface area (Å²) in [5.41, 5.74) is 11.7. The Kier molecular flexibility index (Phi) is 4.90. The molecule has 0 radical (unpaired) electrons. The van der Waals surface area contributed by atoms with Gasteiger partial charge in [-0.3, -0.25) is 4.79 Å². The molecule has 6 heteroatoms. The van der Waals surface area contributed by atoms with Crippen molar-refractivity contribution in [1.29, 1.82) is 0 Å². The molecule has 0 fully saturated rings. The lowest BCUT2D eigenvalue weighted by Crippen LogP contribution is -2.32. The van der Waals surface area contributed by atoms with E-state index in [4.69, 9.17) is 21.7 Å². The molecule has 0 aliphatic carbocycles. The largest absolute Gasteiger partial charge is 0.506 e. The zero-order valence-corrected chi connectivity index (χ0v) is 8.70. The van der Waals surface area contributed by atoms with Crippen LogP contribution in [0.1, 0.15) is 5.56 Å². The molecule has 0 heterocycles. The Bertz CT molecular complexity index is 357. The molecule has 15 heavy (non-hydrogen) atoms. The molecule has 1 aromatic carbocycles. The van der Waals surface area contributed by atoms with Crippen molar-refractivity contribution in [2.45, 2.75) is 12.5 Å². The van der Waals surface area contributed by atoms with Crippen LogP contribution in [-0.2, 0) is 11.2 Å². The van der Waals surface area contributed by atoms with Gasteiger partial charge in [-0.15, -0.1) is 12.4 Å². The summed E-state index contributed by atoms with van der Waals surface area (Å²) >= 11 is 0. The molecular weight excluding hydrogens is 220 g/mol. The van der Waals surface area contributed by atoms with Gasteiger partial charge in [-0.25, -0.2) is 0 Å². The fourth-order valence-electron chi connectivity index (χ4n) is 1.07. The number of halogens is 1. The van der Waals surface area contributed by atoms with Crippen molar-refractivity contribution >= 4 is 24.1 Å². The van der Waals surface area contributed by atoms with Gasteiger partial charge >= 0.3 is 5.97 Å². The first-order valence-corrected chi connectivity index (χ1v) is 4.06. The van der Waals surface area contributed by atoms with Crippen LogP contribution in [0.5, 0.6) is 5.75 Å². The maximum atomic E-state index is 10.4. The van der Waals surface area contributed by atoms with E-state index >= 15 is 0 Å². The number of carboxylic acid groups (broad SMARTS) is 1. The van der Waals surface area contributed by atoms with E-state index in [-0.39, 0.29) is 30.3 Å². The molecule has 0 amide bonds. The van der Waals surface area contributed by atoms with Crippen molar-refractivity contribution in [3.8, 4) is 5.75 Å². The van der Waals surface area contributed by atoms with Crippen molar-refractivity contribution in [2.24, 2.45) is 5.73 Å². The Morgan fingerprint density at radius 2 is 2.07 bits per heavy atom. The molecule has 0 aliphatic heterocycles. The first-order chi connectivity index (χ1) is 6.50. The van der Waals surface area contributed by atoms with Gasteiger partial charge in [0.05, 0.1) is 5.69 Å². The lowest BCUT2D eigenvalue weighted by atomic mass is 10.1. The fraction of sp³-hybridized carbons (Fsp3) is 0.222. The van der Waals surface area contributed by atoms with Crippen LogP contribution in [0, 0.1) is 0 Å². The molecule has 1 rings (SSSR count). The third-order valence-corrected chi connectivity index (χ3v) is 1.86. The number of hydrogen-bond donors (Lipinski definition) is 4. The second kappa shape index (κ2) is 5.43. The molecule has 1 atom stereocenters. The third kappa shape index (κ3) is 3.65. The number of phenols is 1. The molecule has 6 N–H and O–H groups in total. The molecule has 0 unspecified atom stereocenters. The Hall–Kier alpha value is -1.46. The molecule has 0 spiro atoms. The number of phenolic OH excluding ortho intramolecular Hbond substituents is 1. The SMILES string of the molecule is Cl.Nc1cc(C[C@H](N)C(=O)O)ccc1O. The van der Waals surface area contributed by atoms with Gasteiger partial charge in [0.2, 0.25) is 0 Å². The first-order valence-electron chi connectivity index (χ1n) is 4.06. The van der Waals surface area contributed by atoms with Crippen LogP contribution in [0.15, 0.2) is 18.2 Å². The molecular formula is C9H13ClN2O3. The van der Waals surface area contributed by atoms with E-state index in [0.29, 0.717) is 5.56 Å². The van der Waals surface area contributed by atoms with E-state index in [1.165, 1.54) is 12.1 Å². The van der Waals surface area contributed by atoms with Crippen molar-refractivity contribution in [1.82, 2.24) is 0 Å². The summed E-state index contributed by atoms with van der Waals surface area (Å²) in [4.78, 5) is 10.4. The number of aromatic hydroxyl groups is 1. The third-order valence-electron chi connectivity index (χ3n) is 1.86. The van der Waals surface area contributed by atoms with Crippen molar-refractivity contribution in [3.05, 3.63) is 23.8 Å². The molecule has 5 nitrogen and oxygen atoms in total. The molecule has 1 aromatic rings. The minimum absolute atomic E-state index is 0. The zero-order valence-electron chi connectivity index (χ0n) is 7.88. The first kappa shape index (κ1) is 13.5. The van der Waals surface area contributed by atoms with Gasteiger partial charge in [-0.2, -0.15) is 0 Å². The maximum absolute atomic E-state index is 10.4. The second-order valence-electron chi connectivity index (χ2n) is 3.04.